The van der Waals surface area contributed by atoms with Gasteiger partial charge < -0.3 is 19.9 Å². The molecular formula is C25H26ClFN4O3. The Labute approximate surface area is 201 Å². The zero-order valence-electron chi connectivity index (χ0n) is 19.1. The standard InChI is InChI=1S/C25H26ClFN4O3/c1-12(23-22(34-3)5-4-19(27)24(23)26)17-10-29-25-16(17)6-14(9-28-25)18-11-30-31(13(18)2)15-7-20(32)21(33)8-15/h4-6,9-12,15,20-21,32-33H,7-8H2,1-3H3,(H,28,29)/t12-,15-,20+,21-/m0/s1. The Balaban J connectivity index is 1.55. The smallest absolute Gasteiger partial charge is 0.142 e. The van der Waals surface area contributed by atoms with Gasteiger partial charge in [-0.2, -0.15) is 5.10 Å². The molecule has 9 heteroatoms. The summed E-state index contributed by atoms with van der Waals surface area (Å²) in [5.74, 6) is -0.224. The van der Waals surface area contributed by atoms with Crippen LogP contribution in [0.15, 0.2) is 36.8 Å². The number of aromatic nitrogens is 4. The maximum atomic E-state index is 14.3. The molecule has 1 fully saturated rings. The Morgan fingerprint density at radius 3 is 2.68 bits per heavy atom. The first-order chi connectivity index (χ1) is 16.3. The van der Waals surface area contributed by atoms with Crippen LogP contribution in [0, 0.1) is 12.7 Å². The number of halogens is 2. The molecule has 1 saturated carbocycles. The minimum absolute atomic E-state index is 0.0448. The molecular weight excluding hydrogens is 459 g/mol. The summed E-state index contributed by atoms with van der Waals surface area (Å²) >= 11 is 6.35. The van der Waals surface area contributed by atoms with Gasteiger partial charge in [-0.25, -0.2) is 9.37 Å². The fraction of sp³-hybridized carbons (Fsp3) is 0.360. The molecule has 1 aliphatic carbocycles. The lowest BCUT2D eigenvalue weighted by Crippen LogP contribution is -2.17. The number of methoxy groups -OCH3 is 1. The summed E-state index contributed by atoms with van der Waals surface area (Å²) in [6.07, 6.45) is 4.92. The summed E-state index contributed by atoms with van der Waals surface area (Å²) in [5.41, 5.74) is 4.96. The number of fused-ring (bicyclic) bond motifs is 1. The van der Waals surface area contributed by atoms with Crippen molar-refractivity contribution in [3.63, 3.8) is 0 Å². The molecule has 7 nitrogen and oxygen atoms in total. The van der Waals surface area contributed by atoms with Crippen LogP contribution in [0.2, 0.25) is 5.02 Å². The number of nitrogens with one attached hydrogen (secondary N) is 1. The van der Waals surface area contributed by atoms with E-state index in [-0.39, 0.29) is 17.0 Å². The van der Waals surface area contributed by atoms with Crippen LogP contribution in [0.1, 0.15) is 48.5 Å². The number of hydrogen-bond acceptors (Lipinski definition) is 5. The van der Waals surface area contributed by atoms with E-state index in [1.165, 1.54) is 13.2 Å². The molecule has 4 atom stereocenters. The lowest BCUT2D eigenvalue weighted by atomic mass is 9.91. The predicted molar refractivity (Wildman–Crippen MR) is 128 cm³/mol. The number of aromatic amines is 1. The largest absolute Gasteiger partial charge is 0.496 e. The van der Waals surface area contributed by atoms with E-state index in [2.05, 4.69) is 15.1 Å². The number of pyridine rings is 1. The molecule has 3 heterocycles. The lowest BCUT2D eigenvalue weighted by molar-refractivity contribution is 0.0438. The van der Waals surface area contributed by atoms with Crippen molar-refractivity contribution in [1.29, 1.82) is 0 Å². The number of rotatable bonds is 5. The van der Waals surface area contributed by atoms with Crippen molar-refractivity contribution >= 4 is 22.6 Å². The second-order valence-electron chi connectivity index (χ2n) is 8.91. The van der Waals surface area contributed by atoms with Crippen molar-refractivity contribution in [3.05, 3.63) is 64.5 Å². The second kappa shape index (κ2) is 8.69. The summed E-state index contributed by atoms with van der Waals surface area (Å²) < 4.78 is 21.6. The zero-order chi connectivity index (χ0) is 24.1. The van der Waals surface area contributed by atoms with Crippen molar-refractivity contribution in [1.82, 2.24) is 19.7 Å². The Morgan fingerprint density at radius 1 is 1.24 bits per heavy atom. The minimum atomic E-state index is -0.731. The maximum absolute atomic E-state index is 14.3. The molecule has 0 saturated heterocycles. The van der Waals surface area contributed by atoms with E-state index in [1.807, 2.05) is 30.8 Å². The van der Waals surface area contributed by atoms with Crippen molar-refractivity contribution in [2.45, 2.75) is 50.9 Å². The van der Waals surface area contributed by atoms with Gasteiger partial charge in [-0.3, -0.25) is 4.68 Å². The number of aliphatic hydroxyl groups is 2. The molecule has 178 valence electrons. The van der Waals surface area contributed by atoms with Crippen LogP contribution in [-0.4, -0.2) is 49.3 Å². The third-order valence-electron chi connectivity index (χ3n) is 6.95. The number of benzene rings is 1. The Bertz CT molecular complexity index is 1360. The SMILES string of the molecule is COc1ccc(F)c(Cl)c1[C@@H](C)c1c[nH]c2ncc(-c3cnn([C@H]4C[C@@H](O)[C@@H](O)C4)c3C)cc12. The first-order valence-corrected chi connectivity index (χ1v) is 11.6. The quantitative estimate of drug-likeness (QED) is 0.380. The van der Waals surface area contributed by atoms with Gasteiger partial charge in [0, 0.05) is 46.1 Å². The van der Waals surface area contributed by atoms with Gasteiger partial charge >= 0.3 is 0 Å². The van der Waals surface area contributed by atoms with E-state index >= 15 is 0 Å². The molecule has 1 aliphatic rings. The first-order valence-electron chi connectivity index (χ1n) is 11.2. The van der Waals surface area contributed by atoms with E-state index in [0.29, 0.717) is 29.8 Å². The van der Waals surface area contributed by atoms with E-state index in [4.69, 9.17) is 16.3 Å². The van der Waals surface area contributed by atoms with Crippen LogP contribution in [0.3, 0.4) is 0 Å². The fourth-order valence-corrected chi connectivity index (χ4v) is 5.38. The average Bonchev–Trinajstić information content (AvgIpc) is 3.51. The predicted octanol–water partition coefficient (Wildman–Crippen LogP) is 4.74. The highest BCUT2D eigenvalue weighted by molar-refractivity contribution is 6.31. The van der Waals surface area contributed by atoms with Gasteiger partial charge in [0.25, 0.3) is 0 Å². The highest BCUT2D eigenvalue weighted by atomic mass is 35.5. The van der Waals surface area contributed by atoms with E-state index in [1.54, 1.807) is 18.5 Å². The monoisotopic (exact) mass is 484 g/mol. The van der Waals surface area contributed by atoms with Gasteiger partial charge in [-0.15, -0.1) is 0 Å². The molecule has 0 amide bonds. The third kappa shape index (κ3) is 3.66. The number of ether oxygens (including phenoxy) is 1. The van der Waals surface area contributed by atoms with E-state index in [9.17, 15) is 14.6 Å². The fourth-order valence-electron chi connectivity index (χ4n) is 5.06. The molecule has 3 aromatic heterocycles. The summed E-state index contributed by atoms with van der Waals surface area (Å²) in [5, 5.41) is 25.4. The average molecular weight is 485 g/mol. The number of aliphatic hydroxyl groups excluding tert-OH is 2. The second-order valence-corrected chi connectivity index (χ2v) is 9.29. The molecule has 0 radical (unpaired) electrons. The van der Waals surface area contributed by atoms with Gasteiger partial charge in [0.15, 0.2) is 0 Å². The van der Waals surface area contributed by atoms with Gasteiger partial charge in [-0.1, -0.05) is 18.5 Å². The number of hydrogen-bond donors (Lipinski definition) is 3. The van der Waals surface area contributed by atoms with E-state index in [0.717, 1.165) is 27.8 Å². The van der Waals surface area contributed by atoms with Crippen LogP contribution < -0.4 is 4.74 Å². The molecule has 0 unspecified atom stereocenters. The summed E-state index contributed by atoms with van der Waals surface area (Å²) in [6, 6.07) is 4.87. The zero-order valence-corrected chi connectivity index (χ0v) is 19.8. The number of H-pyrrole nitrogens is 1. The highest BCUT2D eigenvalue weighted by Gasteiger charge is 2.34. The summed E-state index contributed by atoms with van der Waals surface area (Å²) in [7, 11) is 1.54. The van der Waals surface area contributed by atoms with Gasteiger partial charge in [0.05, 0.1) is 36.6 Å². The molecule has 3 N–H and O–H groups in total. The first kappa shape index (κ1) is 22.8. The molecule has 34 heavy (non-hydrogen) atoms. The Kier molecular flexibility index (Phi) is 5.83. The van der Waals surface area contributed by atoms with Gasteiger partial charge in [-0.05, 0) is 43.5 Å². The topological polar surface area (TPSA) is 96.2 Å². The molecule has 0 spiro atoms. The molecule has 0 aliphatic heterocycles. The van der Waals surface area contributed by atoms with Crippen LogP contribution >= 0.6 is 11.6 Å². The molecule has 1 aromatic carbocycles. The molecule has 0 bridgehead atoms. The van der Waals surface area contributed by atoms with Crippen LogP contribution in [-0.2, 0) is 0 Å². The number of nitrogens with zero attached hydrogens (tertiary/aromatic N) is 3. The Hall–Kier alpha value is -2.94. The normalized spacial score (nSPS) is 21.3. The summed E-state index contributed by atoms with van der Waals surface area (Å²) in [4.78, 5) is 7.80. The van der Waals surface area contributed by atoms with Crippen molar-refractivity contribution < 1.29 is 19.3 Å². The van der Waals surface area contributed by atoms with E-state index < -0.39 is 18.0 Å². The van der Waals surface area contributed by atoms with Crippen molar-refractivity contribution in [2.75, 3.05) is 7.11 Å². The van der Waals surface area contributed by atoms with Crippen molar-refractivity contribution in [2.24, 2.45) is 0 Å². The summed E-state index contributed by atoms with van der Waals surface area (Å²) in [6.45, 7) is 3.93. The van der Waals surface area contributed by atoms with Crippen LogP contribution in [0.4, 0.5) is 4.39 Å². The van der Waals surface area contributed by atoms with Gasteiger partial charge in [0.1, 0.15) is 17.2 Å². The maximum Gasteiger partial charge on any atom is 0.142 e. The lowest BCUT2D eigenvalue weighted by Gasteiger charge is -2.17. The van der Waals surface area contributed by atoms with Crippen LogP contribution in [0.25, 0.3) is 22.2 Å². The molecule has 4 aromatic rings. The third-order valence-corrected chi connectivity index (χ3v) is 7.33. The Morgan fingerprint density at radius 2 is 1.97 bits per heavy atom. The van der Waals surface area contributed by atoms with Crippen molar-refractivity contribution in [3.8, 4) is 16.9 Å². The van der Waals surface area contributed by atoms with Gasteiger partial charge in [0.2, 0.25) is 0 Å². The van der Waals surface area contributed by atoms with Crippen LogP contribution in [0.5, 0.6) is 5.75 Å². The minimum Gasteiger partial charge on any atom is -0.496 e. The molecule has 5 rings (SSSR count). The highest BCUT2D eigenvalue weighted by Crippen LogP contribution is 2.41.